The largest absolute Gasteiger partial charge is 0.0947 e. The van der Waals surface area contributed by atoms with E-state index in [0.717, 1.165) is 58.7 Å². The fraction of sp³-hybridized carbons (Fsp3) is 0.667. The topological polar surface area (TPSA) is 0 Å². The van der Waals surface area contributed by atoms with Crippen LogP contribution >= 0.6 is 15.8 Å². The quantitative estimate of drug-likeness (QED) is 0.180. The minimum absolute atomic E-state index is 0.108. The van der Waals surface area contributed by atoms with Crippen LogP contribution in [0.15, 0.2) is 72.8 Å². The molecule has 8 fully saturated rings. The van der Waals surface area contributed by atoms with E-state index in [2.05, 4.69) is 142 Å². The van der Waals surface area contributed by atoms with Gasteiger partial charge in [-0.25, -0.2) is 0 Å². The summed E-state index contributed by atoms with van der Waals surface area (Å²) in [6.45, 7) is 25.5. The maximum Gasteiger partial charge on any atom is 0.0149 e. The Morgan fingerprint density at radius 2 is 0.750 bits per heavy atom. The molecule has 3 aromatic rings. The summed E-state index contributed by atoms with van der Waals surface area (Å²) in [4.78, 5) is 0. The van der Waals surface area contributed by atoms with Crippen LogP contribution in [-0.2, 0) is 23.2 Å². The van der Waals surface area contributed by atoms with E-state index in [-0.39, 0.29) is 37.0 Å². The molecular weight excluding hydrogens is 711 g/mol. The molecule has 0 N–H and O–H groups in total. The van der Waals surface area contributed by atoms with Crippen LogP contribution in [0, 0.1) is 47.3 Å². The van der Waals surface area contributed by atoms with Gasteiger partial charge in [-0.15, -0.1) is 0 Å². The van der Waals surface area contributed by atoms with Crippen LogP contribution in [0.2, 0.25) is 0 Å². The van der Waals surface area contributed by atoms with Gasteiger partial charge < -0.3 is 0 Å². The lowest BCUT2D eigenvalue weighted by Gasteiger charge is -2.62. The fourth-order valence-corrected chi connectivity index (χ4v) is 23.4. The molecule has 8 bridgehead atoms. The van der Waals surface area contributed by atoms with Crippen molar-refractivity contribution in [3.63, 3.8) is 0 Å². The summed E-state index contributed by atoms with van der Waals surface area (Å²) in [5.41, 5.74) is 11.3. The van der Waals surface area contributed by atoms with Gasteiger partial charge >= 0.3 is 0 Å². The molecule has 0 atom stereocenters. The molecule has 0 nitrogen and oxygen atoms in total. The van der Waals surface area contributed by atoms with Gasteiger partial charge in [0.05, 0.1) is 0 Å². The molecule has 0 spiro atoms. The maximum atomic E-state index is 2.89. The van der Waals surface area contributed by atoms with E-state index in [1.54, 1.807) is 86.5 Å². The van der Waals surface area contributed by atoms with Gasteiger partial charge in [0.2, 0.25) is 0 Å². The zero-order chi connectivity index (χ0) is 39.4. The van der Waals surface area contributed by atoms with Crippen LogP contribution < -0.4 is 0 Å². The molecule has 0 unspecified atom stereocenters. The molecule has 302 valence electrons. The Morgan fingerprint density at radius 1 is 0.429 bits per heavy atom. The second-order valence-corrected chi connectivity index (χ2v) is 30.0. The molecule has 0 aromatic heterocycles. The number of rotatable bonds is 10. The summed E-state index contributed by atoms with van der Waals surface area (Å²) in [5, 5.41) is 0.574. The van der Waals surface area contributed by atoms with Crippen molar-refractivity contribution < 1.29 is 0 Å². The Kier molecular flexibility index (Phi) is 10.4. The van der Waals surface area contributed by atoms with Crippen LogP contribution in [0.5, 0.6) is 0 Å². The van der Waals surface area contributed by atoms with Crippen LogP contribution in [0.1, 0.15) is 167 Å². The van der Waals surface area contributed by atoms with Crippen LogP contribution in [0.4, 0.5) is 0 Å². The van der Waals surface area contributed by atoms with Gasteiger partial charge in [0.1, 0.15) is 0 Å². The highest BCUT2D eigenvalue weighted by Crippen LogP contribution is 2.72. The molecule has 0 radical (unpaired) electrons. The molecule has 3 aromatic carbocycles. The molecule has 56 heavy (non-hydrogen) atoms. The molecule has 0 heterocycles. The first-order chi connectivity index (χ1) is 26.5. The summed E-state index contributed by atoms with van der Waals surface area (Å²) in [5.74, 6) is 8.32. The smallest absolute Gasteiger partial charge is 0.0149 e. The van der Waals surface area contributed by atoms with E-state index in [9.17, 15) is 0 Å². The van der Waals surface area contributed by atoms with Gasteiger partial charge in [-0.2, -0.15) is 0 Å². The lowest BCUT2D eigenvalue weighted by atomic mass is 9.55. The highest BCUT2D eigenvalue weighted by atomic mass is 31.1. The molecule has 0 saturated heterocycles. The van der Waals surface area contributed by atoms with E-state index in [0.29, 0.717) is 0 Å². The average molecular weight is 787 g/mol. The number of benzene rings is 3. The average Bonchev–Trinajstić information content (AvgIpc) is 3.12. The number of hydrogen-bond acceptors (Lipinski definition) is 0. The first-order valence-electron chi connectivity index (χ1n) is 23.3. The van der Waals surface area contributed by atoms with Crippen molar-refractivity contribution in [2.24, 2.45) is 47.3 Å². The summed E-state index contributed by atoms with van der Waals surface area (Å²) >= 11 is 0. The van der Waals surface area contributed by atoms with Gasteiger partial charge in [0.25, 0.3) is 0 Å². The van der Waals surface area contributed by atoms with Crippen molar-refractivity contribution in [3.8, 4) is 0 Å². The summed E-state index contributed by atoms with van der Waals surface area (Å²) in [7, 11) is -0.397. The molecule has 2 heteroatoms. The van der Waals surface area contributed by atoms with Crippen LogP contribution in [-0.4, -0.2) is 21.6 Å². The first-order valence-corrected chi connectivity index (χ1v) is 26.5. The maximum absolute atomic E-state index is 2.89. The minimum atomic E-state index is -0.286. The normalized spacial score (nSPS) is 33.1. The Morgan fingerprint density at radius 3 is 1.07 bits per heavy atom. The molecule has 0 amide bonds. The standard InChI is InChI=1S/C54H76P2/c1-51(2,3)56(52(4,5)6)34-44-32-48(54(9,10)46-19-15-12-16-20-46)47(53(7,8)45-17-13-11-14-18-45)31-43(44)33-55(49-39-23-35-21-36(25-39)26-40(49)24-35)50-41-27-37-22-38(29-41)30-42(50)28-37/h11-20,31-32,35-42,49-50H,21-30,33-34H2,1-10H3. The predicted octanol–water partition coefficient (Wildman–Crippen LogP) is 15.5. The third-order valence-corrected chi connectivity index (χ3v) is 24.9. The molecule has 8 saturated carbocycles. The van der Waals surface area contributed by atoms with E-state index >= 15 is 0 Å². The third-order valence-electron chi connectivity index (χ3n) is 17.1. The zero-order valence-electron chi connectivity index (χ0n) is 37.1. The zero-order valence-corrected chi connectivity index (χ0v) is 38.9. The van der Waals surface area contributed by atoms with Crippen molar-refractivity contribution >= 4 is 15.8 Å². The van der Waals surface area contributed by atoms with Crippen molar-refractivity contribution in [1.29, 1.82) is 0 Å². The summed E-state index contributed by atoms with van der Waals surface area (Å²) < 4.78 is 0. The summed E-state index contributed by atoms with van der Waals surface area (Å²) in [6, 6.07) is 28.8. The van der Waals surface area contributed by atoms with Gasteiger partial charge in [-0.3, -0.25) is 0 Å². The third kappa shape index (κ3) is 7.27. The fourth-order valence-electron chi connectivity index (χ4n) is 15.2. The van der Waals surface area contributed by atoms with E-state index < -0.39 is 0 Å². The number of hydrogen-bond donors (Lipinski definition) is 0. The molecule has 8 aliphatic carbocycles. The molecule has 0 aliphatic heterocycles. The Bertz CT molecular complexity index is 1740. The first kappa shape index (κ1) is 40.0. The van der Waals surface area contributed by atoms with Crippen molar-refractivity contribution in [2.75, 3.05) is 0 Å². The Balaban J connectivity index is 1.24. The molecule has 11 rings (SSSR count). The molecule has 8 aliphatic rings. The van der Waals surface area contributed by atoms with Crippen LogP contribution in [0.3, 0.4) is 0 Å². The predicted molar refractivity (Wildman–Crippen MR) is 246 cm³/mol. The molecular formula is C54H76P2. The lowest BCUT2D eigenvalue weighted by Crippen LogP contribution is -2.52. The Hall–Kier alpha value is -1.48. The summed E-state index contributed by atoms with van der Waals surface area (Å²) in [6.07, 6.45) is 18.4. The van der Waals surface area contributed by atoms with Gasteiger partial charge in [-0.1, -0.05) is 158 Å². The van der Waals surface area contributed by atoms with E-state index in [1.165, 1.54) is 23.5 Å². The monoisotopic (exact) mass is 787 g/mol. The highest BCUT2D eigenvalue weighted by Gasteiger charge is 2.57. The van der Waals surface area contributed by atoms with Gasteiger partial charge in [0.15, 0.2) is 0 Å². The lowest BCUT2D eigenvalue weighted by molar-refractivity contribution is 0.0129. The second-order valence-electron chi connectivity index (χ2n) is 23.6. The van der Waals surface area contributed by atoms with Gasteiger partial charge in [-0.05, 0) is 179 Å². The SMILES string of the molecule is CC(C)(c1ccccc1)c1cc(CP(C2C3CC4CC(C3)CC2C4)C2C3CC4CC(C3)CC2C4)c(CP(C(C)(C)C)C(C)(C)C)cc1C(C)(C)c1ccccc1. The van der Waals surface area contributed by atoms with Gasteiger partial charge in [0, 0.05) is 10.8 Å². The van der Waals surface area contributed by atoms with Crippen LogP contribution in [0.25, 0.3) is 0 Å². The van der Waals surface area contributed by atoms with E-state index in [4.69, 9.17) is 0 Å². The second kappa shape index (κ2) is 14.6. The van der Waals surface area contributed by atoms with Crippen molar-refractivity contribution in [1.82, 2.24) is 0 Å². The minimum Gasteiger partial charge on any atom is -0.0947 e. The Labute approximate surface area is 346 Å². The highest BCUT2D eigenvalue weighted by molar-refractivity contribution is 7.60. The van der Waals surface area contributed by atoms with E-state index in [1.807, 2.05) is 0 Å². The van der Waals surface area contributed by atoms with Crippen molar-refractivity contribution in [2.45, 2.75) is 178 Å². The van der Waals surface area contributed by atoms with Crippen molar-refractivity contribution in [3.05, 3.63) is 106 Å².